The number of nitrogens with one attached hydrogen (secondary N) is 1. The van der Waals surface area contributed by atoms with Crippen LogP contribution in [-0.2, 0) is 10.3 Å². The molecule has 0 unspecified atom stereocenters. The molecule has 1 amide bonds. The van der Waals surface area contributed by atoms with Crippen molar-refractivity contribution in [3.05, 3.63) is 30.6 Å². The summed E-state index contributed by atoms with van der Waals surface area (Å²) >= 11 is 0. The summed E-state index contributed by atoms with van der Waals surface area (Å²) in [4.78, 5) is 12.9. The molecule has 1 N–H and O–H groups in total. The summed E-state index contributed by atoms with van der Waals surface area (Å²) in [7, 11) is 0. The van der Waals surface area contributed by atoms with E-state index in [0.717, 1.165) is 43.5 Å². The molecule has 7 nitrogen and oxygen atoms in total. The Morgan fingerprint density at radius 2 is 2.00 bits per heavy atom. The molecule has 0 radical (unpaired) electrons. The van der Waals surface area contributed by atoms with E-state index in [-0.39, 0.29) is 5.91 Å². The van der Waals surface area contributed by atoms with Crippen LogP contribution in [0, 0.1) is 0 Å². The van der Waals surface area contributed by atoms with Gasteiger partial charge in [-0.15, -0.1) is 5.10 Å². The van der Waals surface area contributed by atoms with E-state index in [1.54, 1.807) is 4.68 Å². The number of hydrogen-bond acceptors (Lipinski definition) is 5. The molecule has 1 saturated carbocycles. The average molecular weight is 315 g/mol. The minimum Gasteiger partial charge on any atom is -0.494 e. The first-order chi connectivity index (χ1) is 11.2. The van der Waals surface area contributed by atoms with Gasteiger partial charge in [0.15, 0.2) is 0 Å². The second kappa shape index (κ2) is 6.76. The monoisotopic (exact) mass is 315 g/mol. The van der Waals surface area contributed by atoms with Gasteiger partial charge in [0.1, 0.15) is 17.6 Å². The lowest BCUT2D eigenvalue weighted by Crippen LogP contribution is -2.47. The molecular weight excluding hydrogens is 294 g/mol. The maximum atomic E-state index is 12.9. The number of rotatable bonds is 5. The SMILES string of the molecule is CCOc1ccc(NC(=O)C2(n3cnnn3)CCCCC2)cc1. The zero-order chi connectivity index (χ0) is 16.1. The van der Waals surface area contributed by atoms with Gasteiger partial charge in [-0.05, 0) is 54.5 Å². The first kappa shape index (κ1) is 15.5. The van der Waals surface area contributed by atoms with Crippen molar-refractivity contribution in [1.29, 1.82) is 0 Å². The highest BCUT2D eigenvalue weighted by atomic mass is 16.5. The van der Waals surface area contributed by atoms with Gasteiger partial charge in [-0.3, -0.25) is 4.79 Å². The van der Waals surface area contributed by atoms with E-state index < -0.39 is 5.54 Å². The molecule has 1 aliphatic carbocycles. The standard InChI is InChI=1S/C16H21N5O2/c1-2-23-14-8-6-13(7-9-14)18-15(22)16(10-4-3-5-11-16)21-12-17-19-20-21/h6-9,12H,2-5,10-11H2,1H3,(H,18,22). The van der Waals surface area contributed by atoms with Crippen LogP contribution in [0.25, 0.3) is 0 Å². The maximum Gasteiger partial charge on any atom is 0.252 e. The molecule has 0 spiro atoms. The lowest BCUT2D eigenvalue weighted by Gasteiger charge is -2.35. The van der Waals surface area contributed by atoms with Gasteiger partial charge in [0, 0.05) is 5.69 Å². The second-order valence-electron chi connectivity index (χ2n) is 5.76. The zero-order valence-corrected chi connectivity index (χ0v) is 13.2. The molecular formula is C16H21N5O2. The third kappa shape index (κ3) is 3.18. The summed E-state index contributed by atoms with van der Waals surface area (Å²) in [6.07, 6.45) is 6.16. The van der Waals surface area contributed by atoms with Crippen LogP contribution in [-0.4, -0.2) is 32.7 Å². The molecule has 7 heteroatoms. The molecule has 23 heavy (non-hydrogen) atoms. The zero-order valence-electron chi connectivity index (χ0n) is 13.2. The van der Waals surface area contributed by atoms with Crippen molar-refractivity contribution in [2.45, 2.75) is 44.6 Å². The Balaban J connectivity index is 1.79. The molecule has 1 fully saturated rings. The van der Waals surface area contributed by atoms with Crippen LogP contribution in [0.3, 0.4) is 0 Å². The Morgan fingerprint density at radius 3 is 2.61 bits per heavy atom. The molecule has 0 bridgehead atoms. The molecule has 0 atom stereocenters. The Kier molecular flexibility index (Phi) is 4.55. The van der Waals surface area contributed by atoms with Gasteiger partial charge in [-0.2, -0.15) is 0 Å². The Bertz CT molecular complexity index is 633. The molecule has 1 aliphatic rings. The summed E-state index contributed by atoms with van der Waals surface area (Å²) in [5.41, 5.74) is 0.0526. The molecule has 1 heterocycles. The minimum atomic E-state index is -0.694. The van der Waals surface area contributed by atoms with Gasteiger partial charge in [0.05, 0.1) is 6.61 Å². The Morgan fingerprint density at radius 1 is 1.26 bits per heavy atom. The average Bonchev–Trinajstić information content (AvgIpc) is 3.12. The lowest BCUT2D eigenvalue weighted by atomic mass is 9.81. The van der Waals surface area contributed by atoms with E-state index in [4.69, 9.17) is 4.74 Å². The largest absolute Gasteiger partial charge is 0.494 e. The van der Waals surface area contributed by atoms with E-state index in [0.29, 0.717) is 6.61 Å². The van der Waals surface area contributed by atoms with Crippen molar-refractivity contribution in [2.24, 2.45) is 0 Å². The van der Waals surface area contributed by atoms with Crippen molar-refractivity contribution in [3.8, 4) is 5.75 Å². The first-order valence-electron chi connectivity index (χ1n) is 8.02. The summed E-state index contributed by atoms with van der Waals surface area (Å²) in [6, 6.07) is 7.39. The minimum absolute atomic E-state index is 0.0614. The van der Waals surface area contributed by atoms with E-state index in [9.17, 15) is 4.79 Å². The first-order valence-corrected chi connectivity index (χ1v) is 8.02. The van der Waals surface area contributed by atoms with E-state index in [1.165, 1.54) is 6.33 Å². The van der Waals surface area contributed by atoms with Crippen molar-refractivity contribution in [3.63, 3.8) is 0 Å². The highest BCUT2D eigenvalue weighted by molar-refractivity contribution is 5.96. The van der Waals surface area contributed by atoms with Crippen molar-refractivity contribution < 1.29 is 9.53 Å². The summed E-state index contributed by atoms with van der Waals surface area (Å²) in [6.45, 7) is 2.56. The lowest BCUT2D eigenvalue weighted by molar-refractivity contribution is -0.126. The Labute approximate surface area is 135 Å². The van der Waals surface area contributed by atoms with Crippen molar-refractivity contribution in [1.82, 2.24) is 20.2 Å². The third-order valence-electron chi connectivity index (χ3n) is 4.31. The number of ether oxygens (including phenoxy) is 1. The van der Waals surface area contributed by atoms with Gasteiger partial charge >= 0.3 is 0 Å². The maximum absolute atomic E-state index is 12.9. The van der Waals surface area contributed by atoms with Crippen LogP contribution in [0.2, 0.25) is 0 Å². The van der Waals surface area contributed by atoms with Gasteiger partial charge in [-0.25, -0.2) is 4.68 Å². The smallest absolute Gasteiger partial charge is 0.252 e. The predicted octanol–water partition coefficient (Wildman–Crippen LogP) is 2.37. The third-order valence-corrected chi connectivity index (χ3v) is 4.31. The van der Waals surface area contributed by atoms with Crippen LogP contribution in [0.5, 0.6) is 5.75 Å². The normalized spacial score (nSPS) is 16.7. The highest BCUT2D eigenvalue weighted by Gasteiger charge is 2.42. The number of carbonyl (C=O) groups excluding carboxylic acids is 1. The summed E-state index contributed by atoms with van der Waals surface area (Å²) < 4.78 is 7.02. The predicted molar refractivity (Wildman–Crippen MR) is 85.1 cm³/mol. The number of tetrazole rings is 1. The number of nitrogens with zero attached hydrogens (tertiary/aromatic N) is 4. The molecule has 0 saturated heterocycles. The quantitative estimate of drug-likeness (QED) is 0.916. The number of hydrogen-bond donors (Lipinski definition) is 1. The number of carbonyl (C=O) groups is 1. The van der Waals surface area contributed by atoms with Gasteiger partial charge < -0.3 is 10.1 Å². The summed E-state index contributed by atoms with van der Waals surface area (Å²) in [5, 5.41) is 14.4. The number of benzene rings is 1. The molecule has 1 aromatic carbocycles. The number of aromatic nitrogens is 4. The fraction of sp³-hybridized carbons (Fsp3) is 0.500. The topological polar surface area (TPSA) is 81.9 Å². The number of amides is 1. The molecule has 122 valence electrons. The van der Waals surface area contributed by atoms with Crippen LogP contribution in [0.4, 0.5) is 5.69 Å². The van der Waals surface area contributed by atoms with Crippen LogP contribution in [0.15, 0.2) is 30.6 Å². The van der Waals surface area contributed by atoms with E-state index >= 15 is 0 Å². The van der Waals surface area contributed by atoms with Gasteiger partial charge in [0.2, 0.25) is 0 Å². The molecule has 0 aliphatic heterocycles. The van der Waals surface area contributed by atoms with E-state index in [1.807, 2.05) is 31.2 Å². The van der Waals surface area contributed by atoms with Crippen LogP contribution >= 0.6 is 0 Å². The van der Waals surface area contributed by atoms with Gasteiger partial charge in [0.25, 0.3) is 5.91 Å². The molecule has 2 aromatic rings. The highest BCUT2D eigenvalue weighted by Crippen LogP contribution is 2.35. The Hall–Kier alpha value is -2.44. The fourth-order valence-electron chi connectivity index (χ4n) is 3.10. The fourth-order valence-corrected chi connectivity index (χ4v) is 3.10. The van der Waals surface area contributed by atoms with Gasteiger partial charge in [-0.1, -0.05) is 19.3 Å². The van der Waals surface area contributed by atoms with Crippen molar-refractivity contribution >= 4 is 11.6 Å². The number of anilines is 1. The van der Waals surface area contributed by atoms with Crippen molar-refractivity contribution in [2.75, 3.05) is 11.9 Å². The summed E-state index contributed by atoms with van der Waals surface area (Å²) in [5.74, 6) is 0.729. The van der Waals surface area contributed by atoms with Crippen LogP contribution < -0.4 is 10.1 Å². The molecule has 3 rings (SSSR count). The van der Waals surface area contributed by atoms with Crippen LogP contribution in [0.1, 0.15) is 39.0 Å². The van der Waals surface area contributed by atoms with E-state index in [2.05, 4.69) is 20.8 Å². The molecule has 1 aromatic heterocycles. The second-order valence-corrected chi connectivity index (χ2v) is 5.76.